The number of halogens is 2. The number of carbonyl (C=O) groups is 1. The molecular weight excluding hydrogens is 354 g/mol. The van der Waals surface area contributed by atoms with Crippen LogP contribution in [0.2, 0.25) is 0 Å². The van der Waals surface area contributed by atoms with Gasteiger partial charge in [-0.1, -0.05) is 19.1 Å². The van der Waals surface area contributed by atoms with Gasteiger partial charge in [-0.25, -0.2) is 4.98 Å². The number of aromatic amines is 1. The van der Waals surface area contributed by atoms with E-state index in [9.17, 15) is 13.6 Å². The second-order valence-corrected chi connectivity index (χ2v) is 6.24. The lowest BCUT2D eigenvalue weighted by atomic mass is 10.1. The van der Waals surface area contributed by atoms with E-state index in [1.54, 1.807) is 49.4 Å². The van der Waals surface area contributed by atoms with Crippen LogP contribution in [0.25, 0.3) is 22.1 Å². The SMILES string of the molecule is CC(CNC(=O)c1ccc2n[nH]nc2c1)c1nc2ccccc2n1C(F)F. The highest BCUT2D eigenvalue weighted by molar-refractivity contribution is 5.97. The van der Waals surface area contributed by atoms with Gasteiger partial charge in [-0.3, -0.25) is 9.36 Å². The molecule has 2 aromatic heterocycles. The first-order valence-electron chi connectivity index (χ1n) is 8.38. The van der Waals surface area contributed by atoms with Crippen molar-refractivity contribution in [2.45, 2.75) is 19.4 Å². The number of carbonyl (C=O) groups excluding carboxylic acids is 1. The summed E-state index contributed by atoms with van der Waals surface area (Å²) in [7, 11) is 0. The van der Waals surface area contributed by atoms with Crippen LogP contribution < -0.4 is 5.32 Å². The minimum absolute atomic E-state index is 0.172. The number of para-hydroxylation sites is 2. The number of amides is 1. The molecule has 0 saturated carbocycles. The van der Waals surface area contributed by atoms with Crippen molar-refractivity contribution in [3.05, 3.63) is 53.9 Å². The summed E-state index contributed by atoms with van der Waals surface area (Å²) in [6.45, 7) is -0.785. The molecule has 1 atom stereocenters. The van der Waals surface area contributed by atoms with Crippen molar-refractivity contribution in [2.75, 3.05) is 6.54 Å². The van der Waals surface area contributed by atoms with Crippen LogP contribution in [0.4, 0.5) is 8.78 Å². The Morgan fingerprint density at radius 2 is 1.93 bits per heavy atom. The molecule has 0 fully saturated rings. The molecule has 1 amide bonds. The number of alkyl halides is 2. The molecule has 0 aliphatic carbocycles. The van der Waals surface area contributed by atoms with Crippen molar-refractivity contribution in [1.29, 1.82) is 0 Å². The third-order valence-corrected chi connectivity index (χ3v) is 4.41. The van der Waals surface area contributed by atoms with Gasteiger partial charge in [-0.2, -0.15) is 24.2 Å². The maximum Gasteiger partial charge on any atom is 0.320 e. The van der Waals surface area contributed by atoms with E-state index in [-0.39, 0.29) is 18.3 Å². The molecule has 2 aromatic carbocycles. The summed E-state index contributed by atoms with van der Waals surface area (Å²) in [6, 6.07) is 11.7. The van der Waals surface area contributed by atoms with Gasteiger partial charge in [0, 0.05) is 18.0 Å². The average molecular weight is 370 g/mol. The topological polar surface area (TPSA) is 88.5 Å². The van der Waals surface area contributed by atoms with Crippen LogP contribution in [0.5, 0.6) is 0 Å². The van der Waals surface area contributed by atoms with Gasteiger partial charge in [0.1, 0.15) is 16.9 Å². The van der Waals surface area contributed by atoms with E-state index in [1.807, 2.05) is 0 Å². The maximum atomic E-state index is 13.6. The molecule has 0 spiro atoms. The summed E-state index contributed by atoms with van der Waals surface area (Å²) in [6.07, 6.45) is 0. The van der Waals surface area contributed by atoms with Crippen LogP contribution >= 0.6 is 0 Å². The molecule has 2 N–H and O–H groups in total. The molecule has 0 bridgehead atoms. The van der Waals surface area contributed by atoms with E-state index < -0.39 is 12.5 Å². The van der Waals surface area contributed by atoms with Crippen molar-refractivity contribution in [3.8, 4) is 0 Å². The summed E-state index contributed by atoms with van der Waals surface area (Å²) in [4.78, 5) is 16.7. The molecular formula is C18H16F2N6O. The third kappa shape index (κ3) is 3.12. The van der Waals surface area contributed by atoms with E-state index in [4.69, 9.17) is 0 Å². The second-order valence-electron chi connectivity index (χ2n) is 6.24. The zero-order valence-electron chi connectivity index (χ0n) is 14.4. The van der Waals surface area contributed by atoms with Gasteiger partial charge in [0.2, 0.25) is 0 Å². The van der Waals surface area contributed by atoms with Crippen LogP contribution in [-0.4, -0.2) is 37.4 Å². The Morgan fingerprint density at radius 3 is 2.74 bits per heavy atom. The smallest absolute Gasteiger partial charge is 0.320 e. The molecule has 4 rings (SSSR count). The molecule has 0 aliphatic heterocycles. The first kappa shape index (κ1) is 17.1. The van der Waals surface area contributed by atoms with Gasteiger partial charge >= 0.3 is 6.55 Å². The van der Waals surface area contributed by atoms with Crippen LogP contribution in [0.1, 0.15) is 35.6 Å². The number of hydrogen-bond acceptors (Lipinski definition) is 4. The summed E-state index contributed by atoms with van der Waals surface area (Å²) < 4.78 is 28.0. The normalized spacial score (nSPS) is 12.7. The van der Waals surface area contributed by atoms with Gasteiger partial charge in [0.05, 0.1) is 11.0 Å². The molecule has 138 valence electrons. The standard InChI is InChI=1S/C18H16F2N6O/c1-10(16-22-13-4-2-3-5-15(13)26(16)18(19)20)9-21-17(27)11-6-7-12-14(8-11)24-25-23-12/h2-8,10,18H,9H2,1H3,(H,21,27)(H,23,24,25). The first-order valence-corrected chi connectivity index (χ1v) is 8.38. The van der Waals surface area contributed by atoms with Crippen LogP contribution in [-0.2, 0) is 0 Å². The Kier molecular flexibility index (Phi) is 4.27. The number of H-pyrrole nitrogens is 1. The van der Waals surface area contributed by atoms with Gasteiger partial charge in [0.25, 0.3) is 5.91 Å². The largest absolute Gasteiger partial charge is 0.351 e. The van der Waals surface area contributed by atoms with Crippen molar-refractivity contribution in [2.24, 2.45) is 0 Å². The molecule has 27 heavy (non-hydrogen) atoms. The third-order valence-electron chi connectivity index (χ3n) is 4.41. The minimum Gasteiger partial charge on any atom is -0.351 e. The van der Waals surface area contributed by atoms with E-state index in [2.05, 4.69) is 25.7 Å². The Labute approximate surface area is 152 Å². The molecule has 7 nitrogen and oxygen atoms in total. The number of nitrogens with zero attached hydrogens (tertiary/aromatic N) is 4. The quantitative estimate of drug-likeness (QED) is 0.564. The van der Waals surface area contributed by atoms with E-state index in [0.717, 1.165) is 4.57 Å². The molecule has 2 heterocycles. The summed E-state index contributed by atoms with van der Waals surface area (Å²) in [5, 5.41) is 13.1. The highest BCUT2D eigenvalue weighted by atomic mass is 19.3. The molecule has 4 aromatic rings. The fraction of sp³-hybridized carbons (Fsp3) is 0.222. The lowest BCUT2D eigenvalue weighted by Crippen LogP contribution is -2.28. The first-order chi connectivity index (χ1) is 13.0. The Bertz CT molecular complexity index is 1120. The number of rotatable bonds is 5. The summed E-state index contributed by atoms with van der Waals surface area (Å²) >= 11 is 0. The lowest BCUT2D eigenvalue weighted by Gasteiger charge is -2.15. The van der Waals surface area contributed by atoms with E-state index >= 15 is 0 Å². The fourth-order valence-electron chi connectivity index (χ4n) is 3.04. The molecule has 0 radical (unpaired) electrons. The van der Waals surface area contributed by atoms with E-state index in [0.29, 0.717) is 27.6 Å². The maximum absolute atomic E-state index is 13.6. The van der Waals surface area contributed by atoms with Crippen molar-refractivity contribution in [3.63, 3.8) is 0 Å². The Hall–Kier alpha value is -3.36. The number of hydrogen-bond donors (Lipinski definition) is 2. The van der Waals surface area contributed by atoms with Crippen molar-refractivity contribution in [1.82, 2.24) is 30.3 Å². The zero-order valence-corrected chi connectivity index (χ0v) is 14.4. The highest BCUT2D eigenvalue weighted by Gasteiger charge is 2.22. The Morgan fingerprint density at radius 1 is 1.15 bits per heavy atom. The number of nitrogens with one attached hydrogen (secondary N) is 2. The van der Waals surface area contributed by atoms with Crippen LogP contribution in [0.15, 0.2) is 42.5 Å². The van der Waals surface area contributed by atoms with Gasteiger partial charge in [-0.15, -0.1) is 0 Å². The Balaban J connectivity index is 1.53. The lowest BCUT2D eigenvalue weighted by molar-refractivity contribution is 0.0704. The van der Waals surface area contributed by atoms with Gasteiger partial charge < -0.3 is 5.32 Å². The molecule has 9 heteroatoms. The summed E-state index contributed by atoms with van der Waals surface area (Å²) in [5.41, 5.74) is 2.53. The number of imidazole rings is 1. The molecule has 0 saturated heterocycles. The number of aromatic nitrogens is 5. The molecule has 0 aliphatic rings. The van der Waals surface area contributed by atoms with Crippen molar-refractivity contribution < 1.29 is 13.6 Å². The average Bonchev–Trinajstić information content (AvgIpc) is 3.29. The van der Waals surface area contributed by atoms with Crippen LogP contribution in [0.3, 0.4) is 0 Å². The minimum atomic E-state index is -2.71. The highest BCUT2D eigenvalue weighted by Crippen LogP contribution is 2.27. The van der Waals surface area contributed by atoms with Gasteiger partial charge in [-0.05, 0) is 30.3 Å². The number of fused-ring (bicyclic) bond motifs is 2. The predicted molar refractivity (Wildman–Crippen MR) is 95.6 cm³/mol. The summed E-state index contributed by atoms with van der Waals surface area (Å²) in [5.74, 6) is -0.476. The molecule has 1 unspecified atom stereocenters. The monoisotopic (exact) mass is 370 g/mol. The van der Waals surface area contributed by atoms with E-state index in [1.165, 1.54) is 0 Å². The predicted octanol–water partition coefficient (Wildman–Crippen LogP) is 3.24. The second kappa shape index (κ2) is 6.75. The van der Waals surface area contributed by atoms with Gasteiger partial charge in [0.15, 0.2) is 0 Å². The van der Waals surface area contributed by atoms with Crippen LogP contribution in [0, 0.1) is 0 Å². The fourth-order valence-corrected chi connectivity index (χ4v) is 3.04. The zero-order chi connectivity index (χ0) is 19.0. The van der Waals surface area contributed by atoms with Crippen molar-refractivity contribution >= 4 is 28.0 Å². The number of benzene rings is 2.